The Morgan fingerprint density at radius 1 is 1.11 bits per heavy atom. The standard InChI is InChI=1S/C20H19ClN4O2/c1-13-23-17(20(26)25-16-9-5-4-8-15(16)21)11-19(24-13)22-12-14-7-3-6-10-18(14)27-2/h3-11H,12H2,1-2H3,(H,25,26)(H,22,23,24). The number of aromatic nitrogens is 2. The van der Waals surface area contributed by atoms with Gasteiger partial charge >= 0.3 is 0 Å². The summed E-state index contributed by atoms with van der Waals surface area (Å²) in [6.45, 7) is 2.24. The quantitative estimate of drug-likeness (QED) is 0.664. The van der Waals surface area contributed by atoms with Gasteiger partial charge in [0.05, 0.1) is 17.8 Å². The van der Waals surface area contributed by atoms with Crippen LogP contribution in [0.15, 0.2) is 54.6 Å². The van der Waals surface area contributed by atoms with Gasteiger partial charge in [0.1, 0.15) is 23.1 Å². The molecule has 0 aliphatic carbocycles. The zero-order valence-electron chi connectivity index (χ0n) is 15.0. The number of para-hydroxylation sites is 2. The van der Waals surface area contributed by atoms with Crippen LogP contribution in [0.5, 0.6) is 5.75 Å². The molecule has 27 heavy (non-hydrogen) atoms. The average molecular weight is 383 g/mol. The number of halogens is 1. The molecule has 3 aromatic rings. The first-order valence-electron chi connectivity index (χ1n) is 8.34. The molecule has 0 aliphatic heterocycles. The third-order valence-corrected chi connectivity index (χ3v) is 4.17. The van der Waals surface area contributed by atoms with Crippen molar-refractivity contribution in [3.05, 3.63) is 76.7 Å². The van der Waals surface area contributed by atoms with Gasteiger partial charge in [-0.2, -0.15) is 0 Å². The highest BCUT2D eigenvalue weighted by Gasteiger charge is 2.12. The van der Waals surface area contributed by atoms with Gasteiger partial charge < -0.3 is 15.4 Å². The Labute approximate surface area is 162 Å². The molecule has 2 aromatic carbocycles. The van der Waals surface area contributed by atoms with E-state index in [9.17, 15) is 4.79 Å². The van der Waals surface area contributed by atoms with E-state index < -0.39 is 0 Å². The number of ether oxygens (including phenoxy) is 1. The number of amides is 1. The van der Waals surface area contributed by atoms with Gasteiger partial charge in [0.25, 0.3) is 5.91 Å². The molecule has 7 heteroatoms. The molecule has 0 fully saturated rings. The summed E-state index contributed by atoms with van der Waals surface area (Å²) in [5.74, 6) is 1.48. The highest BCUT2D eigenvalue weighted by molar-refractivity contribution is 6.33. The average Bonchev–Trinajstić information content (AvgIpc) is 2.68. The molecule has 0 atom stereocenters. The van der Waals surface area contributed by atoms with Crippen molar-refractivity contribution in [1.82, 2.24) is 9.97 Å². The molecule has 1 amide bonds. The normalized spacial score (nSPS) is 10.3. The summed E-state index contributed by atoms with van der Waals surface area (Å²) in [5.41, 5.74) is 1.77. The van der Waals surface area contributed by atoms with E-state index in [1.165, 1.54) is 0 Å². The van der Waals surface area contributed by atoms with Crippen molar-refractivity contribution in [2.24, 2.45) is 0 Å². The molecule has 0 unspecified atom stereocenters. The third-order valence-electron chi connectivity index (χ3n) is 3.85. The van der Waals surface area contributed by atoms with Crippen LogP contribution >= 0.6 is 11.6 Å². The number of carbonyl (C=O) groups is 1. The maximum Gasteiger partial charge on any atom is 0.274 e. The molecule has 0 radical (unpaired) electrons. The molecule has 0 aliphatic rings. The zero-order valence-corrected chi connectivity index (χ0v) is 15.7. The Hall–Kier alpha value is -3.12. The molecule has 0 spiro atoms. The second-order valence-electron chi connectivity index (χ2n) is 5.79. The minimum atomic E-state index is -0.353. The molecule has 1 heterocycles. The lowest BCUT2D eigenvalue weighted by molar-refractivity contribution is 0.102. The zero-order chi connectivity index (χ0) is 19.2. The molecule has 3 rings (SSSR count). The van der Waals surface area contributed by atoms with E-state index >= 15 is 0 Å². The smallest absolute Gasteiger partial charge is 0.274 e. The summed E-state index contributed by atoms with van der Waals surface area (Å²) < 4.78 is 5.35. The number of hydrogen-bond acceptors (Lipinski definition) is 5. The van der Waals surface area contributed by atoms with Gasteiger partial charge in [0.15, 0.2) is 0 Å². The van der Waals surface area contributed by atoms with E-state index in [4.69, 9.17) is 16.3 Å². The molecule has 0 saturated heterocycles. The number of hydrogen-bond donors (Lipinski definition) is 2. The summed E-state index contributed by atoms with van der Waals surface area (Å²) >= 11 is 6.09. The number of nitrogens with one attached hydrogen (secondary N) is 2. The van der Waals surface area contributed by atoms with Crippen molar-refractivity contribution in [2.45, 2.75) is 13.5 Å². The summed E-state index contributed by atoms with van der Waals surface area (Å²) in [6.07, 6.45) is 0. The lowest BCUT2D eigenvalue weighted by atomic mass is 10.2. The van der Waals surface area contributed by atoms with Gasteiger partial charge in [-0.3, -0.25) is 4.79 Å². The van der Waals surface area contributed by atoms with E-state index in [0.29, 0.717) is 28.9 Å². The number of carbonyl (C=O) groups excluding carboxylic acids is 1. The molecule has 0 bridgehead atoms. The number of nitrogens with zero attached hydrogens (tertiary/aromatic N) is 2. The van der Waals surface area contributed by atoms with Gasteiger partial charge in [-0.05, 0) is 25.1 Å². The number of aryl methyl sites for hydroxylation is 1. The van der Waals surface area contributed by atoms with Crippen molar-refractivity contribution in [3.8, 4) is 5.75 Å². The second kappa shape index (κ2) is 8.51. The largest absolute Gasteiger partial charge is 0.496 e. The Kier molecular flexibility index (Phi) is 5.88. The number of anilines is 2. The number of benzene rings is 2. The first-order valence-corrected chi connectivity index (χ1v) is 8.72. The van der Waals surface area contributed by atoms with Crippen molar-refractivity contribution in [3.63, 3.8) is 0 Å². The summed E-state index contributed by atoms with van der Waals surface area (Å²) in [4.78, 5) is 21.1. The van der Waals surface area contributed by atoms with Gasteiger partial charge in [-0.1, -0.05) is 41.9 Å². The van der Waals surface area contributed by atoms with Crippen molar-refractivity contribution in [1.29, 1.82) is 0 Å². The summed E-state index contributed by atoms with van der Waals surface area (Å²) in [6, 6.07) is 16.4. The van der Waals surface area contributed by atoms with Crippen LogP contribution in [-0.2, 0) is 6.54 Å². The van der Waals surface area contributed by atoms with Gasteiger partial charge in [-0.25, -0.2) is 9.97 Å². The molecular weight excluding hydrogens is 364 g/mol. The maximum absolute atomic E-state index is 12.5. The second-order valence-corrected chi connectivity index (χ2v) is 6.19. The van der Waals surface area contributed by atoms with Crippen molar-refractivity contribution in [2.75, 3.05) is 17.7 Å². The maximum atomic E-state index is 12.5. The van der Waals surface area contributed by atoms with E-state index in [1.807, 2.05) is 24.3 Å². The SMILES string of the molecule is COc1ccccc1CNc1cc(C(=O)Nc2ccccc2Cl)nc(C)n1. The van der Waals surface area contributed by atoms with Crippen molar-refractivity contribution < 1.29 is 9.53 Å². The summed E-state index contributed by atoms with van der Waals surface area (Å²) in [7, 11) is 1.63. The van der Waals surface area contributed by atoms with Crippen LogP contribution in [0.4, 0.5) is 11.5 Å². The van der Waals surface area contributed by atoms with Crippen LogP contribution in [0.1, 0.15) is 21.9 Å². The fraction of sp³-hybridized carbons (Fsp3) is 0.150. The lowest BCUT2D eigenvalue weighted by Crippen LogP contribution is -2.16. The molecule has 0 saturated carbocycles. The lowest BCUT2D eigenvalue weighted by Gasteiger charge is -2.11. The fourth-order valence-corrected chi connectivity index (χ4v) is 2.74. The van der Waals surface area contributed by atoms with Gasteiger partial charge in [0.2, 0.25) is 0 Å². The van der Waals surface area contributed by atoms with Crippen LogP contribution in [-0.4, -0.2) is 23.0 Å². The minimum Gasteiger partial charge on any atom is -0.496 e. The fourth-order valence-electron chi connectivity index (χ4n) is 2.56. The highest BCUT2D eigenvalue weighted by Crippen LogP contribution is 2.22. The first kappa shape index (κ1) is 18.7. The Morgan fingerprint density at radius 3 is 2.63 bits per heavy atom. The molecule has 2 N–H and O–H groups in total. The Bertz CT molecular complexity index is 962. The predicted octanol–water partition coefficient (Wildman–Crippen LogP) is 4.31. The summed E-state index contributed by atoms with van der Waals surface area (Å²) in [5, 5.41) is 6.44. The van der Waals surface area contributed by atoms with Crippen LogP contribution < -0.4 is 15.4 Å². The van der Waals surface area contributed by atoms with E-state index in [0.717, 1.165) is 11.3 Å². The third kappa shape index (κ3) is 4.74. The minimum absolute atomic E-state index is 0.255. The van der Waals surface area contributed by atoms with Crippen LogP contribution in [0.25, 0.3) is 0 Å². The Balaban J connectivity index is 1.76. The molecule has 6 nitrogen and oxygen atoms in total. The number of methoxy groups -OCH3 is 1. The van der Waals surface area contributed by atoms with Crippen LogP contribution in [0.2, 0.25) is 5.02 Å². The van der Waals surface area contributed by atoms with Gasteiger partial charge in [0, 0.05) is 18.2 Å². The Morgan fingerprint density at radius 2 is 1.85 bits per heavy atom. The van der Waals surface area contributed by atoms with E-state index in [2.05, 4.69) is 20.6 Å². The highest BCUT2D eigenvalue weighted by atomic mass is 35.5. The molecule has 138 valence electrons. The number of rotatable bonds is 6. The predicted molar refractivity (Wildman–Crippen MR) is 106 cm³/mol. The van der Waals surface area contributed by atoms with E-state index in [-0.39, 0.29) is 11.6 Å². The van der Waals surface area contributed by atoms with Crippen LogP contribution in [0, 0.1) is 6.92 Å². The van der Waals surface area contributed by atoms with Crippen LogP contribution in [0.3, 0.4) is 0 Å². The van der Waals surface area contributed by atoms with Gasteiger partial charge in [-0.15, -0.1) is 0 Å². The van der Waals surface area contributed by atoms with E-state index in [1.54, 1.807) is 44.4 Å². The molecular formula is C20H19ClN4O2. The molecule has 1 aromatic heterocycles. The monoisotopic (exact) mass is 382 g/mol. The van der Waals surface area contributed by atoms with Crippen molar-refractivity contribution >= 4 is 29.0 Å². The first-order chi connectivity index (χ1) is 13.1. The topological polar surface area (TPSA) is 76.1 Å².